The number of hydrogen-bond acceptors (Lipinski definition) is 3. The minimum atomic E-state index is -0.477. The van der Waals surface area contributed by atoms with Crippen LogP contribution in [0.1, 0.15) is 47.5 Å². The molecule has 17 heavy (non-hydrogen) atoms. The Labute approximate surface area is 109 Å². The Morgan fingerprint density at radius 3 is 2.29 bits per heavy atom. The number of amides is 1. The van der Waals surface area contributed by atoms with Crippen molar-refractivity contribution in [3.8, 4) is 0 Å². The van der Waals surface area contributed by atoms with Gasteiger partial charge < -0.3 is 15.8 Å². The molecule has 0 aromatic rings. The number of rotatable bonds is 5. The molecule has 1 atom stereocenters. The van der Waals surface area contributed by atoms with Crippen molar-refractivity contribution < 1.29 is 9.53 Å². The Bertz CT molecular complexity index is 272. The van der Waals surface area contributed by atoms with Gasteiger partial charge in [-0.1, -0.05) is 26.1 Å². The summed E-state index contributed by atoms with van der Waals surface area (Å²) < 4.78 is 5.21. The van der Waals surface area contributed by atoms with E-state index in [2.05, 4.69) is 5.32 Å². The van der Waals surface area contributed by atoms with Gasteiger partial charge in [0.25, 0.3) is 0 Å². The lowest BCUT2D eigenvalue weighted by Crippen LogP contribution is -2.42. The third-order valence-electron chi connectivity index (χ3n) is 2.21. The first-order chi connectivity index (χ1) is 7.61. The lowest BCUT2D eigenvalue weighted by Gasteiger charge is -2.25. The first-order valence-electron chi connectivity index (χ1n) is 5.89. The van der Waals surface area contributed by atoms with E-state index in [9.17, 15) is 4.79 Å². The predicted octanol–water partition coefficient (Wildman–Crippen LogP) is 2.60. The Balaban J connectivity index is 4.25. The molecule has 0 fully saturated rings. The minimum Gasteiger partial charge on any atom is -0.444 e. The van der Waals surface area contributed by atoms with Crippen LogP contribution < -0.4 is 11.1 Å². The molecule has 100 valence electrons. The van der Waals surface area contributed by atoms with Crippen molar-refractivity contribution in [3.63, 3.8) is 0 Å². The average Bonchev–Trinajstić information content (AvgIpc) is 2.08. The van der Waals surface area contributed by atoms with Crippen molar-refractivity contribution in [2.45, 2.75) is 59.1 Å². The highest BCUT2D eigenvalue weighted by Crippen LogP contribution is 2.11. The Morgan fingerprint density at radius 1 is 1.41 bits per heavy atom. The van der Waals surface area contributed by atoms with E-state index < -0.39 is 5.60 Å². The van der Waals surface area contributed by atoms with Gasteiger partial charge in [0.15, 0.2) is 0 Å². The molecule has 0 aromatic heterocycles. The second kappa shape index (κ2) is 6.79. The summed E-state index contributed by atoms with van der Waals surface area (Å²) >= 11 is 4.84. The molecule has 0 aliphatic rings. The number of carbonyl (C=O) groups excluding carboxylic acids is 1. The normalized spacial score (nSPS) is 13.3. The molecule has 0 bridgehead atoms. The van der Waals surface area contributed by atoms with Gasteiger partial charge >= 0.3 is 6.09 Å². The van der Waals surface area contributed by atoms with Gasteiger partial charge in [-0.15, -0.1) is 0 Å². The van der Waals surface area contributed by atoms with Gasteiger partial charge in [0.1, 0.15) is 5.60 Å². The van der Waals surface area contributed by atoms with Gasteiger partial charge in [0.05, 0.1) is 4.99 Å². The molecule has 0 aliphatic heterocycles. The summed E-state index contributed by atoms with van der Waals surface area (Å²) in [5.41, 5.74) is 4.98. The summed E-state index contributed by atoms with van der Waals surface area (Å²) in [5.74, 6) is 0.317. The fourth-order valence-electron chi connectivity index (χ4n) is 1.33. The fourth-order valence-corrected chi connectivity index (χ4v) is 1.45. The maximum absolute atomic E-state index is 11.6. The predicted molar refractivity (Wildman–Crippen MR) is 74.0 cm³/mol. The van der Waals surface area contributed by atoms with Crippen molar-refractivity contribution in [3.05, 3.63) is 0 Å². The third kappa shape index (κ3) is 8.92. The number of nitrogens with two attached hydrogens (primary N) is 1. The highest BCUT2D eigenvalue weighted by molar-refractivity contribution is 7.80. The quantitative estimate of drug-likeness (QED) is 0.746. The SMILES string of the molecule is CC(C)[C@@H](CCC(N)=S)NC(=O)OC(C)(C)C. The summed E-state index contributed by atoms with van der Waals surface area (Å²) in [7, 11) is 0. The summed E-state index contributed by atoms with van der Waals surface area (Å²) in [6.07, 6.45) is 0.986. The van der Waals surface area contributed by atoms with Crippen molar-refractivity contribution in [1.82, 2.24) is 5.32 Å². The molecule has 0 saturated carbocycles. The molecular formula is C12H24N2O2S. The van der Waals surface area contributed by atoms with Gasteiger partial charge in [-0.2, -0.15) is 0 Å². The molecule has 4 nitrogen and oxygen atoms in total. The van der Waals surface area contributed by atoms with E-state index >= 15 is 0 Å². The van der Waals surface area contributed by atoms with E-state index in [0.717, 1.165) is 6.42 Å². The zero-order chi connectivity index (χ0) is 13.6. The monoisotopic (exact) mass is 260 g/mol. The van der Waals surface area contributed by atoms with Gasteiger partial charge in [0, 0.05) is 6.04 Å². The first kappa shape index (κ1) is 16.2. The standard InChI is InChI=1S/C12H24N2O2S/c1-8(2)9(6-7-10(13)17)14-11(15)16-12(3,4)5/h8-9H,6-7H2,1-5H3,(H2,13,17)(H,14,15)/t9-/m1/s1. The molecule has 3 N–H and O–H groups in total. The van der Waals surface area contributed by atoms with Crippen LogP contribution in [0.15, 0.2) is 0 Å². The number of alkyl carbamates (subject to hydrolysis) is 1. The number of thiocarbonyl (C=S) groups is 1. The Morgan fingerprint density at radius 2 is 1.94 bits per heavy atom. The van der Waals surface area contributed by atoms with Crippen LogP contribution >= 0.6 is 12.2 Å². The fraction of sp³-hybridized carbons (Fsp3) is 0.833. The maximum atomic E-state index is 11.6. The number of ether oxygens (including phenoxy) is 1. The zero-order valence-corrected chi connectivity index (χ0v) is 12.2. The molecule has 0 saturated heterocycles. The third-order valence-corrected chi connectivity index (χ3v) is 2.41. The second-order valence-electron chi connectivity index (χ2n) is 5.50. The number of hydrogen-bond donors (Lipinski definition) is 2. The Hall–Kier alpha value is -0.840. The molecular weight excluding hydrogens is 236 g/mol. The molecule has 0 unspecified atom stereocenters. The van der Waals surface area contributed by atoms with Crippen molar-refractivity contribution in [2.24, 2.45) is 11.7 Å². The van der Waals surface area contributed by atoms with Crippen LogP contribution in [-0.4, -0.2) is 22.7 Å². The summed E-state index contributed by atoms with van der Waals surface area (Å²) in [5, 5.41) is 2.85. The summed E-state index contributed by atoms with van der Waals surface area (Å²) in [6.45, 7) is 9.60. The first-order valence-corrected chi connectivity index (χ1v) is 6.30. The lowest BCUT2D eigenvalue weighted by molar-refractivity contribution is 0.0488. The van der Waals surface area contributed by atoms with Crippen LogP contribution in [0.3, 0.4) is 0 Å². The van der Waals surface area contributed by atoms with Gasteiger partial charge in [-0.3, -0.25) is 0 Å². The molecule has 5 heteroatoms. The largest absolute Gasteiger partial charge is 0.444 e. The van der Waals surface area contributed by atoms with E-state index in [1.165, 1.54) is 0 Å². The minimum absolute atomic E-state index is 0.0337. The van der Waals surface area contributed by atoms with E-state index in [1.807, 2.05) is 34.6 Å². The van der Waals surface area contributed by atoms with Crippen LogP contribution in [-0.2, 0) is 4.74 Å². The van der Waals surface area contributed by atoms with Crippen molar-refractivity contribution in [1.29, 1.82) is 0 Å². The van der Waals surface area contributed by atoms with Crippen LogP contribution in [0.2, 0.25) is 0 Å². The molecule has 0 spiro atoms. The van der Waals surface area contributed by atoms with E-state index in [-0.39, 0.29) is 12.1 Å². The molecule has 0 aliphatic carbocycles. The van der Waals surface area contributed by atoms with E-state index in [0.29, 0.717) is 17.3 Å². The molecule has 0 rings (SSSR count). The van der Waals surface area contributed by atoms with Crippen molar-refractivity contribution in [2.75, 3.05) is 0 Å². The van der Waals surface area contributed by atoms with Crippen LogP contribution in [0, 0.1) is 5.92 Å². The topological polar surface area (TPSA) is 64.3 Å². The highest BCUT2D eigenvalue weighted by atomic mass is 32.1. The highest BCUT2D eigenvalue weighted by Gasteiger charge is 2.21. The van der Waals surface area contributed by atoms with Crippen molar-refractivity contribution >= 4 is 23.3 Å². The smallest absolute Gasteiger partial charge is 0.407 e. The zero-order valence-electron chi connectivity index (χ0n) is 11.4. The lowest BCUT2D eigenvalue weighted by atomic mass is 9.99. The average molecular weight is 260 g/mol. The Kier molecular flexibility index (Phi) is 6.45. The number of nitrogens with one attached hydrogen (secondary N) is 1. The number of carbonyl (C=O) groups is 1. The molecule has 1 amide bonds. The van der Waals surface area contributed by atoms with Crippen LogP contribution in [0.5, 0.6) is 0 Å². The maximum Gasteiger partial charge on any atom is 0.407 e. The van der Waals surface area contributed by atoms with Gasteiger partial charge in [-0.25, -0.2) is 4.79 Å². The van der Waals surface area contributed by atoms with E-state index in [1.54, 1.807) is 0 Å². The van der Waals surface area contributed by atoms with Gasteiger partial charge in [-0.05, 0) is 39.5 Å². The second-order valence-corrected chi connectivity index (χ2v) is 6.03. The molecule has 0 radical (unpaired) electrons. The molecule has 0 aromatic carbocycles. The van der Waals surface area contributed by atoms with Crippen LogP contribution in [0.4, 0.5) is 4.79 Å². The molecule has 0 heterocycles. The van der Waals surface area contributed by atoms with E-state index in [4.69, 9.17) is 22.7 Å². The van der Waals surface area contributed by atoms with Gasteiger partial charge in [0.2, 0.25) is 0 Å². The summed E-state index contributed by atoms with van der Waals surface area (Å²) in [6, 6.07) is 0.0337. The van der Waals surface area contributed by atoms with Crippen LogP contribution in [0.25, 0.3) is 0 Å². The summed E-state index contributed by atoms with van der Waals surface area (Å²) in [4.78, 5) is 12.1.